The highest BCUT2D eigenvalue weighted by Gasteiger charge is 2.27. The lowest BCUT2D eigenvalue weighted by atomic mass is 10.0. The number of carboxylic acid groups (broad SMARTS) is 2. The predicted molar refractivity (Wildman–Crippen MR) is 321 cm³/mol. The third-order valence-corrected chi connectivity index (χ3v) is 16.4. The zero-order valence-corrected chi connectivity index (χ0v) is 51.6. The molecule has 0 bridgehead atoms. The number of nitrogens with zero attached hydrogens (tertiary/aromatic N) is 2. The van der Waals surface area contributed by atoms with Crippen LogP contribution in [0.25, 0.3) is 0 Å². The van der Waals surface area contributed by atoms with Crippen molar-refractivity contribution in [3.8, 4) is 0 Å². The van der Waals surface area contributed by atoms with Crippen molar-refractivity contribution in [1.82, 2.24) is 0 Å². The van der Waals surface area contributed by atoms with Gasteiger partial charge in [-0.15, -0.1) is 0 Å². The molecular formula is C67H140N2O3. The van der Waals surface area contributed by atoms with Gasteiger partial charge in [-0.25, -0.2) is 0 Å². The van der Waals surface area contributed by atoms with E-state index in [2.05, 4.69) is 55.4 Å². The van der Waals surface area contributed by atoms with Crippen LogP contribution in [0.15, 0.2) is 0 Å². The summed E-state index contributed by atoms with van der Waals surface area (Å²) in [6.45, 7) is 30.5. The molecule has 0 aliphatic carbocycles. The zero-order chi connectivity index (χ0) is 53.6. The van der Waals surface area contributed by atoms with Gasteiger partial charge in [0.15, 0.2) is 0 Å². The lowest BCUT2D eigenvalue weighted by Gasteiger charge is -2.39. The topological polar surface area (TPSA) is 63.2 Å². The summed E-state index contributed by atoms with van der Waals surface area (Å²) in [5.74, 6) is 0. The highest BCUT2D eigenvalue weighted by Crippen LogP contribution is 2.23. The highest BCUT2D eigenvalue weighted by atomic mass is 16.6. The Balaban J connectivity index is -0.00000123. The third kappa shape index (κ3) is 60.1. The van der Waals surface area contributed by atoms with Crippen LogP contribution in [0.2, 0.25) is 0 Å². The minimum absolute atomic E-state index is 1.37. The van der Waals surface area contributed by atoms with E-state index in [9.17, 15) is 0 Å². The van der Waals surface area contributed by atoms with Crippen LogP contribution in [0.1, 0.15) is 376 Å². The Morgan fingerprint density at radius 3 is 0.389 bits per heavy atom. The van der Waals surface area contributed by atoms with Crippen molar-refractivity contribution in [3.05, 3.63) is 0 Å². The Morgan fingerprint density at radius 2 is 0.278 bits per heavy atom. The lowest BCUT2D eigenvalue weighted by Crippen LogP contribution is -2.50. The van der Waals surface area contributed by atoms with Crippen molar-refractivity contribution in [3.63, 3.8) is 0 Å². The van der Waals surface area contributed by atoms with E-state index < -0.39 is 6.16 Å². The number of hydrogen-bond donors (Lipinski definition) is 0. The van der Waals surface area contributed by atoms with Crippen molar-refractivity contribution in [2.24, 2.45) is 0 Å². The quantitative estimate of drug-likeness (QED) is 0.0450. The van der Waals surface area contributed by atoms with E-state index in [0.29, 0.717) is 0 Å². The van der Waals surface area contributed by atoms with Crippen LogP contribution in [0.3, 0.4) is 0 Å². The average molecular weight is 1020 g/mol. The van der Waals surface area contributed by atoms with Crippen LogP contribution >= 0.6 is 0 Å². The molecule has 0 heterocycles. The first kappa shape index (κ1) is 75.4. The van der Waals surface area contributed by atoms with Crippen molar-refractivity contribution in [1.29, 1.82) is 0 Å². The van der Waals surface area contributed by atoms with E-state index in [1.54, 1.807) is 0 Å². The Hall–Kier alpha value is -0.810. The number of hydrogen-bond acceptors (Lipinski definition) is 3. The van der Waals surface area contributed by atoms with Crippen LogP contribution < -0.4 is 10.2 Å². The molecule has 0 spiro atoms. The fourth-order valence-electron chi connectivity index (χ4n) is 11.5. The van der Waals surface area contributed by atoms with Gasteiger partial charge < -0.3 is 24.0 Å². The summed E-state index contributed by atoms with van der Waals surface area (Å²) in [5.41, 5.74) is 0. The largest absolute Gasteiger partial charge is 0.652 e. The summed E-state index contributed by atoms with van der Waals surface area (Å²) < 4.78 is 2.93. The summed E-state index contributed by atoms with van der Waals surface area (Å²) in [6, 6.07) is 0. The van der Waals surface area contributed by atoms with E-state index in [4.69, 9.17) is 15.0 Å². The molecule has 0 radical (unpaired) electrons. The number of carbonyl (C=O) groups is 1. The fraction of sp³-hybridized carbons (Fsp3) is 0.985. The van der Waals surface area contributed by atoms with E-state index >= 15 is 0 Å². The maximum atomic E-state index is 8.33. The minimum atomic E-state index is -2.33. The van der Waals surface area contributed by atoms with Gasteiger partial charge in [0, 0.05) is 0 Å². The van der Waals surface area contributed by atoms with E-state index in [-0.39, 0.29) is 0 Å². The summed E-state index contributed by atoms with van der Waals surface area (Å²) in [7, 11) is 0. The van der Waals surface area contributed by atoms with Gasteiger partial charge in [-0.3, -0.25) is 0 Å². The Bertz CT molecular complexity index is 836. The van der Waals surface area contributed by atoms with Gasteiger partial charge >= 0.3 is 0 Å². The number of unbranched alkanes of at least 4 members (excludes halogenated alkanes) is 42. The van der Waals surface area contributed by atoms with Crippen LogP contribution in [-0.4, -0.2) is 67.5 Å². The molecule has 5 nitrogen and oxygen atoms in total. The van der Waals surface area contributed by atoms with Crippen molar-refractivity contribution in [2.75, 3.05) is 52.4 Å². The molecule has 0 aliphatic rings. The first-order valence-corrected chi connectivity index (χ1v) is 33.8. The summed E-state index contributed by atoms with van der Waals surface area (Å²) in [4.78, 5) is 8.33. The van der Waals surface area contributed by atoms with Gasteiger partial charge in [-0.2, -0.15) is 0 Å². The van der Waals surface area contributed by atoms with Gasteiger partial charge in [-0.05, 0) is 109 Å². The second-order valence-corrected chi connectivity index (χ2v) is 23.6. The van der Waals surface area contributed by atoms with Crippen LogP contribution in [0.4, 0.5) is 4.79 Å². The summed E-state index contributed by atoms with van der Waals surface area (Å²) in [6.07, 6.45) is 70.2. The van der Waals surface area contributed by atoms with Crippen LogP contribution in [0.5, 0.6) is 0 Å². The summed E-state index contributed by atoms with van der Waals surface area (Å²) >= 11 is 0. The van der Waals surface area contributed by atoms with Gasteiger partial charge in [0.25, 0.3) is 0 Å². The van der Waals surface area contributed by atoms with E-state index in [1.165, 1.54) is 382 Å². The second kappa shape index (κ2) is 64.5. The van der Waals surface area contributed by atoms with Crippen molar-refractivity contribution in [2.45, 2.75) is 376 Å². The Morgan fingerprint density at radius 1 is 0.194 bits per heavy atom. The molecule has 0 atom stereocenters. The Kier molecular flexibility index (Phi) is 67.5. The van der Waals surface area contributed by atoms with Gasteiger partial charge in [0.2, 0.25) is 0 Å². The van der Waals surface area contributed by atoms with Crippen LogP contribution in [-0.2, 0) is 0 Å². The molecule has 0 aromatic rings. The number of rotatable bonds is 58. The SMILES string of the molecule is CCCCCCCCCCCCCCC[N+](CCCCCC)(CCCCCC)CCCCCC.CCCCCCCCCCCCCCC[N+](CCCCCC)(CCCCCC)CCCCCC.O=C([O-])[O-]. The fourth-order valence-corrected chi connectivity index (χ4v) is 11.5. The molecular weight excluding hydrogens is 881 g/mol. The lowest BCUT2D eigenvalue weighted by molar-refractivity contribution is -0.929. The molecule has 0 aromatic carbocycles. The molecule has 0 fully saturated rings. The molecule has 0 aliphatic heterocycles. The molecule has 0 saturated heterocycles. The molecule has 0 amide bonds. The third-order valence-electron chi connectivity index (χ3n) is 16.4. The molecule has 0 unspecified atom stereocenters. The van der Waals surface area contributed by atoms with Crippen molar-refractivity contribution >= 4 is 6.16 Å². The zero-order valence-electron chi connectivity index (χ0n) is 51.6. The Labute approximate surface area is 457 Å². The maximum Gasteiger partial charge on any atom is 0.0786 e. The average Bonchev–Trinajstić information content (AvgIpc) is 3.37. The smallest absolute Gasteiger partial charge is 0.0786 e. The second-order valence-electron chi connectivity index (χ2n) is 23.6. The molecule has 0 saturated carbocycles. The molecule has 0 rings (SSSR count). The predicted octanol–water partition coefficient (Wildman–Crippen LogP) is 20.8. The van der Waals surface area contributed by atoms with E-state index in [1.807, 2.05) is 0 Å². The first-order valence-electron chi connectivity index (χ1n) is 33.8. The van der Waals surface area contributed by atoms with Gasteiger partial charge in [-0.1, -0.05) is 274 Å². The minimum Gasteiger partial charge on any atom is -0.652 e. The molecule has 436 valence electrons. The van der Waals surface area contributed by atoms with Crippen molar-refractivity contribution < 1.29 is 24.0 Å². The molecule has 0 N–H and O–H groups in total. The standard InChI is InChI=1S/2C33H70N.CH2O3/c2*1-5-9-13-17-18-19-20-21-22-23-24-25-29-33-34(30-26-14-10-6-2,31-27-15-11-7-3)32-28-16-12-8-4;2-1(3)4/h2*5-33H2,1-4H3;(H2,2,3,4)/q2*+1;/p-2. The maximum absolute atomic E-state index is 8.33. The molecule has 0 aromatic heterocycles. The van der Waals surface area contributed by atoms with Gasteiger partial charge in [0.1, 0.15) is 0 Å². The highest BCUT2D eigenvalue weighted by molar-refractivity contribution is 5.47. The number of carbonyl (C=O) groups excluding carboxylic acids is 1. The van der Waals surface area contributed by atoms with Crippen LogP contribution in [0, 0.1) is 0 Å². The normalized spacial score (nSPS) is 11.7. The summed E-state index contributed by atoms with van der Waals surface area (Å²) in [5, 5.41) is 16.7. The molecule has 5 heteroatoms. The first-order chi connectivity index (χ1) is 35.2. The monoisotopic (exact) mass is 1020 g/mol. The number of quaternary nitrogens is 2. The van der Waals surface area contributed by atoms with Gasteiger partial charge in [0.05, 0.1) is 52.4 Å². The van der Waals surface area contributed by atoms with E-state index in [0.717, 1.165) is 0 Å². The molecule has 72 heavy (non-hydrogen) atoms.